The zero-order valence-electron chi connectivity index (χ0n) is 23.6. The van der Waals surface area contributed by atoms with Crippen LogP contribution in [0.3, 0.4) is 0 Å². The van der Waals surface area contributed by atoms with Gasteiger partial charge in [-0.05, 0) is 116 Å². The fourth-order valence-electron chi connectivity index (χ4n) is 10.5. The summed E-state index contributed by atoms with van der Waals surface area (Å²) in [7, 11) is 0. The highest BCUT2D eigenvalue weighted by Crippen LogP contribution is 2.68. The van der Waals surface area contributed by atoms with E-state index in [-0.39, 0.29) is 64.5 Å². The average Bonchev–Trinajstić information content (AvgIpc) is 3.49. The predicted octanol–water partition coefficient (Wildman–Crippen LogP) is 5.23. The van der Waals surface area contributed by atoms with Crippen LogP contribution in [0.2, 0.25) is 0 Å². The lowest BCUT2D eigenvalue weighted by atomic mass is 9.43. The highest BCUT2D eigenvalue weighted by atomic mass is 19.2. The molecule has 1 amide bonds. The molecule has 0 radical (unpaired) electrons. The van der Waals surface area contributed by atoms with Crippen molar-refractivity contribution in [3.05, 3.63) is 29.3 Å². The molecule has 0 unspecified atom stereocenters. The summed E-state index contributed by atoms with van der Waals surface area (Å²) >= 11 is 0. The largest absolute Gasteiger partial charge is 0.393 e. The van der Waals surface area contributed by atoms with Crippen LogP contribution in [0.15, 0.2) is 12.1 Å². The molecular formula is C32H45F2NO4. The van der Waals surface area contributed by atoms with Crippen molar-refractivity contribution in [3.8, 4) is 0 Å². The van der Waals surface area contributed by atoms with E-state index in [9.17, 15) is 28.9 Å². The minimum absolute atomic E-state index is 0.0440. The lowest BCUT2D eigenvalue weighted by Gasteiger charge is -2.63. The van der Waals surface area contributed by atoms with Crippen molar-refractivity contribution in [1.29, 1.82) is 0 Å². The number of aliphatic hydroxyl groups excluding tert-OH is 3. The fourth-order valence-corrected chi connectivity index (χ4v) is 10.5. The van der Waals surface area contributed by atoms with Gasteiger partial charge in [0.2, 0.25) is 5.91 Å². The molecule has 11 atom stereocenters. The van der Waals surface area contributed by atoms with E-state index in [4.69, 9.17) is 0 Å². The Morgan fingerprint density at radius 1 is 1.08 bits per heavy atom. The summed E-state index contributed by atoms with van der Waals surface area (Å²) in [6.45, 7) is 7.10. The summed E-state index contributed by atoms with van der Waals surface area (Å²) in [6, 6.07) is 2.70. The van der Waals surface area contributed by atoms with Gasteiger partial charge in [0.25, 0.3) is 0 Å². The maximum atomic E-state index is 14.5. The van der Waals surface area contributed by atoms with Gasteiger partial charge >= 0.3 is 0 Å². The second kappa shape index (κ2) is 9.77. The molecule has 0 aromatic heterocycles. The Labute approximate surface area is 231 Å². The first-order chi connectivity index (χ1) is 18.5. The van der Waals surface area contributed by atoms with Gasteiger partial charge in [0.15, 0.2) is 11.6 Å². The number of halogens is 2. The minimum atomic E-state index is -0.938. The summed E-state index contributed by atoms with van der Waals surface area (Å²) in [5.41, 5.74) is 0.498. The van der Waals surface area contributed by atoms with Gasteiger partial charge in [-0.25, -0.2) is 8.78 Å². The summed E-state index contributed by atoms with van der Waals surface area (Å²) in [6.07, 6.45) is 6.15. The SMILES string of the molecule is C[C@H](CCC(=O)N1CCc2ccc(F)c(F)c21)[C@H]1CC[C@H]2[C@@H]3[C@H](O)C[C@@H]4C[C@H](O)CC[C@]4(C)[C@H]3C[C@H](O)[C@]12C. The van der Waals surface area contributed by atoms with Gasteiger partial charge in [-0.3, -0.25) is 4.79 Å². The van der Waals surface area contributed by atoms with E-state index in [0.717, 1.165) is 44.6 Å². The third-order valence-electron chi connectivity index (χ3n) is 12.7. The Balaban J connectivity index is 1.17. The van der Waals surface area contributed by atoms with Crippen molar-refractivity contribution in [2.75, 3.05) is 11.4 Å². The molecule has 39 heavy (non-hydrogen) atoms. The Morgan fingerprint density at radius 2 is 1.85 bits per heavy atom. The van der Waals surface area contributed by atoms with E-state index in [1.54, 1.807) is 6.07 Å². The third-order valence-corrected chi connectivity index (χ3v) is 12.7. The molecule has 7 heteroatoms. The highest BCUT2D eigenvalue weighted by molar-refractivity contribution is 5.95. The number of anilines is 1. The van der Waals surface area contributed by atoms with Crippen LogP contribution in [-0.2, 0) is 11.2 Å². The molecule has 6 rings (SSSR count). The molecule has 0 saturated heterocycles. The van der Waals surface area contributed by atoms with Gasteiger partial charge in [0.1, 0.15) is 0 Å². The molecule has 4 aliphatic carbocycles. The summed E-state index contributed by atoms with van der Waals surface area (Å²) < 4.78 is 28.4. The minimum Gasteiger partial charge on any atom is -0.393 e. The lowest BCUT2D eigenvalue weighted by Crippen LogP contribution is -2.62. The van der Waals surface area contributed by atoms with Crippen LogP contribution in [0.5, 0.6) is 0 Å². The first-order valence-electron chi connectivity index (χ1n) is 15.3. The molecular weight excluding hydrogens is 500 g/mol. The number of aliphatic hydroxyl groups is 3. The Kier molecular flexibility index (Phi) is 6.91. The molecule has 4 saturated carbocycles. The van der Waals surface area contributed by atoms with Crippen LogP contribution in [0.4, 0.5) is 14.5 Å². The predicted molar refractivity (Wildman–Crippen MR) is 145 cm³/mol. The normalized spacial score (nSPS) is 43.8. The van der Waals surface area contributed by atoms with E-state index in [2.05, 4.69) is 20.8 Å². The second-order valence-corrected chi connectivity index (χ2v) is 14.2. The van der Waals surface area contributed by atoms with Crippen molar-refractivity contribution in [2.45, 2.75) is 103 Å². The van der Waals surface area contributed by atoms with E-state index in [1.807, 2.05) is 0 Å². The number of nitrogens with zero attached hydrogens (tertiary/aromatic N) is 1. The fraction of sp³-hybridized carbons (Fsp3) is 0.781. The topological polar surface area (TPSA) is 81.0 Å². The molecule has 216 valence electrons. The quantitative estimate of drug-likeness (QED) is 0.484. The number of carbonyl (C=O) groups is 1. The van der Waals surface area contributed by atoms with Crippen LogP contribution in [-0.4, -0.2) is 46.1 Å². The smallest absolute Gasteiger partial charge is 0.227 e. The summed E-state index contributed by atoms with van der Waals surface area (Å²) in [5, 5.41) is 33.6. The van der Waals surface area contributed by atoms with E-state index in [1.165, 1.54) is 4.90 Å². The van der Waals surface area contributed by atoms with Crippen molar-refractivity contribution >= 4 is 11.6 Å². The second-order valence-electron chi connectivity index (χ2n) is 14.2. The maximum absolute atomic E-state index is 14.5. The molecule has 5 aliphatic rings. The van der Waals surface area contributed by atoms with Gasteiger partial charge in [-0.1, -0.05) is 26.8 Å². The molecule has 1 heterocycles. The third kappa shape index (κ3) is 4.12. The Hall–Kier alpha value is -1.57. The van der Waals surface area contributed by atoms with Crippen LogP contribution < -0.4 is 4.90 Å². The highest BCUT2D eigenvalue weighted by Gasteiger charge is 2.65. The number of hydrogen-bond acceptors (Lipinski definition) is 4. The molecule has 0 spiro atoms. The van der Waals surface area contributed by atoms with Gasteiger partial charge in [-0.15, -0.1) is 0 Å². The van der Waals surface area contributed by atoms with Crippen molar-refractivity contribution in [3.63, 3.8) is 0 Å². The molecule has 0 bridgehead atoms. The van der Waals surface area contributed by atoms with Crippen LogP contribution in [0, 0.1) is 58.0 Å². The summed E-state index contributed by atoms with van der Waals surface area (Å²) in [4.78, 5) is 14.6. The molecule has 5 nitrogen and oxygen atoms in total. The van der Waals surface area contributed by atoms with Crippen LogP contribution >= 0.6 is 0 Å². The molecule has 3 N–H and O–H groups in total. The first-order valence-corrected chi connectivity index (χ1v) is 15.3. The van der Waals surface area contributed by atoms with E-state index >= 15 is 0 Å². The van der Waals surface area contributed by atoms with Gasteiger partial charge < -0.3 is 20.2 Å². The molecule has 4 fully saturated rings. The van der Waals surface area contributed by atoms with E-state index in [0.29, 0.717) is 37.3 Å². The Bertz CT molecular complexity index is 1130. The number of benzene rings is 1. The number of carbonyl (C=O) groups excluding carboxylic acids is 1. The lowest BCUT2D eigenvalue weighted by molar-refractivity contribution is -0.207. The molecule has 1 aromatic rings. The molecule has 1 aliphatic heterocycles. The zero-order chi connectivity index (χ0) is 27.9. The Morgan fingerprint density at radius 3 is 2.62 bits per heavy atom. The zero-order valence-corrected chi connectivity index (χ0v) is 23.6. The number of hydrogen-bond donors (Lipinski definition) is 3. The van der Waals surface area contributed by atoms with Crippen LogP contribution in [0.1, 0.15) is 84.1 Å². The van der Waals surface area contributed by atoms with Gasteiger partial charge in [0.05, 0.1) is 24.0 Å². The standard InChI is InChI=1S/C32H45F2NO4/c1-17(4-9-27(39)35-13-11-18-5-8-24(33)29(34)30(18)35)21-6-7-22-28-23(16-26(38)32(21,22)3)31(2)12-10-20(36)14-19(31)15-25(28)37/h5,8,17,19-23,25-26,28,36-38H,4,6-7,9-16H2,1-3H3/t17-,19+,20-,21-,22+,23+,25-,26+,28+,31+,32-/m1/s1. The van der Waals surface area contributed by atoms with E-state index < -0.39 is 23.8 Å². The van der Waals surface area contributed by atoms with Crippen molar-refractivity contribution in [1.82, 2.24) is 0 Å². The summed E-state index contributed by atoms with van der Waals surface area (Å²) in [5.74, 6) is -0.670. The van der Waals surface area contributed by atoms with Gasteiger partial charge in [-0.2, -0.15) is 0 Å². The first kappa shape index (κ1) is 27.6. The monoisotopic (exact) mass is 545 g/mol. The number of fused-ring (bicyclic) bond motifs is 6. The van der Waals surface area contributed by atoms with Gasteiger partial charge in [0, 0.05) is 13.0 Å². The average molecular weight is 546 g/mol. The molecule has 1 aromatic carbocycles. The maximum Gasteiger partial charge on any atom is 0.227 e. The number of rotatable bonds is 4. The van der Waals surface area contributed by atoms with Crippen molar-refractivity contribution < 1.29 is 28.9 Å². The van der Waals surface area contributed by atoms with Crippen molar-refractivity contribution in [2.24, 2.45) is 46.3 Å². The number of amides is 1. The van der Waals surface area contributed by atoms with Crippen LogP contribution in [0.25, 0.3) is 0 Å².